The van der Waals surface area contributed by atoms with Gasteiger partial charge in [0.1, 0.15) is 0 Å². The Kier molecular flexibility index (Phi) is 3.96. The van der Waals surface area contributed by atoms with E-state index in [-0.39, 0.29) is 0 Å². The topological polar surface area (TPSA) is 26.3 Å². The average molecular weight is 278 g/mol. The first-order chi connectivity index (χ1) is 6.60. The molecule has 0 aliphatic heterocycles. The zero-order chi connectivity index (χ0) is 10.7. The van der Waals surface area contributed by atoms with Gasteiger partial charge in [0.15, 0.2) is 0 Å². The summed E-state index contributed by atoms with van der Waals surface area (Å²) in [7, 11) is 1.34. The third-order valence-corrected chi connectivity index (χ3v) is 2.89. The number of methoxy groups -OCH3 is 1. The molecule has 0 aliphatic rings. The molecule has 0 fully saturated rings. The highest BCUT2D eigenvalue weighted by Gasteiger charge is 2.12. The molecule has 0 aromatic heterocycles. The third kappa shape index (κ3) is 2.28. The Morgan fingerprint density at radius 2 is 2.21 bits per heavy atom. The van der Waals surface area contributed by atoms with Crippen molar-refractivity contribution < 1.29 is 9.53 Å². The number of alkyl halides is 1. The SMILES string of the molecule is COC(=O)c1cc(C)c(CBr)cc1Cl. The summed E-state index contributed by atoms with van der Waals surface area (Å²) in [6.07, 6.45) is 0. The Balaban J connectivity index is 3.21. The molecule has 1 aromatic rings. The van der Waals surface area contributed by atoms with Crippen molar-refractivity contribution in [2.75, 3.05) is 7.11 Å². The van der Waals surface area contributed by atoms with Crippen molar-refractivity contribution in [3.8, 4) is 0 Å². The van der Waals surface area contributed by atoms with E-state index in [0.717, 1.165) is 16.5 Å². The number of hydrogen-bond donors (Lipinski definition) is 0. The van der Waals surface area contributed by atoms with Crippen molar-refractivity contribution in [1.29, 1.82) is 0 Å². The number of carbonyl (C=O) groups excluding carboxylic acids is 1. The third-order valence-electron chi connectivity index (χ3n) is 1.97. The van der Waals surface area contributed by atoms with Crippen LogP contribution in [0.25, 0.3) is 0 Å². The summed E-state index contributed by atoms with van der Waals surface area (Å²) >= 11 is 9.28. The highest BCUT2D eigenvalue weighted by atomic mass is 79.9. The van der Waals surface area contributed by atoms with Crippen LogP contribution in [0, 0.1) is 6.92 Å². The first-order valence-corrected chi connectivity index (χ1v) is 5.53. The van der Waals surface area contributed by atoms with Crippen LogP contribution in [0.3, 0.4) is 0 Å². The smallest absolute Gasteiger partial charge is 0.339 e. The molecule has 0 saturated heterocycles. The second-order valence-electron chi connectivity index (χ2n) is 2.88. The number of esters is 1. The van der Waals surface area contributed by atoms with Crippen molar-refractivity contribution in [3.05, 3.63) is 33.8 Å². The zero-order valence-electron chi connectivity index (χ0n) is 7.93. The standard InChI is InChI=1S/C10H10BrClO2/c1-6-3-8(10(13)14-2)9(12)4-7(6)5-11/h3-4H,5H2,1-2H3. The molecule has 2 nitrogen and oxygen atoms in total. The van der Waals surface area contributed by atoms with Gasteiger partial charge < -0.3 is 4.74 Å². The Hall–Kier alpha value is -0.540. The molecule has 0 saturated carbocycles. The number of halogens is 2. The van der Waals surface area contributed by atoms with Gasteiger partial charge >= 0.3 is 5.97 Å². The normalized spacial score (nSPS) is 10.0. The van der Waals surface area contributed by atoms with Gasteiger partial charge in [0, 0.05) is 5.33 Å². The fourth-order valence-electron chi connectivity index (χ4n) is 1.13. The fraction of sp³-hybridized carbons (Fsp3) is 0.300. The number of hydrogen-bond acceptors (Lipinski definition) is 2. The number of carbonyl (C=O) groups is 1. The molecule has 1 aromatic carbocycles. The molecular formula is C10H10BrClO2. The van der Waals surface area contributed by atoms with E-state index in [1.807, 2.05) is 6.92 Å². The molecule has 0 spiro atoms. The van der Waals surface area contributed by atoms with Gasteiger partial charge in [0.25, 0.3) is 0 Å². The van der Waals surface area contributed by atoms with Gasteiger partial charge in [-0.25, -0.2) is 4.79 Å². The van der Waals surface area contributed by atoms with E-state index in [2.05, 4.69) is 20.7 Å². The van der Waals surface area contributed by atoms with Gasteiger partial charge in [0.05, 0.1) is 17.7 Å². The van der Waals surface area contributed by atoms with Gasteiger partial charge in [-0.15, -0.1) is 0 Å². The lowest BCUT2D eigenvalue weighted by Gasteiger charge is -2.07. The number of aryl methyl sites for hydroxylation is 1. The highest BCUT2D eigenvalue weighted by molar-refractivity contribution is 9.08. The highest BCUT2D eigenvalue weighted by Crippen LogP contribution is 2.23. The molecule has 0 unspecified atom stereocenters. The molecule has 1 rings (SSSR count). The second kappa shape index (κ2) is 4.80. The Morgan fingerprint density at radius 1 is 1.57 bits per heavy atom. The Bertz CT molecular complexity index is 363. The van der Waals surface area contributed by atoms with Gasteiger partial charge in [-0.3, -0.25) is 0 Å². The average Bonchev–Trinajstić information content (AvgIpc) is 2.19. The molecular weight excluding hydrogens is 267 g/mol. The quantitative estimate of drug-likeness (QED) is 0.612. The fourth-order valence-corrected chi connectivity index (χ4v) is 2.00. The molecule has 76 valence electrons. The molecule has 0 heterocycles. The van der Waals surface area contributed by atoms with E-state index in [1.165, 1.54) is 7.11 Å². The molecule has 14 heavy (non-hydrogen) atoms. The van der Waals surface area contributed by atoms with Gasteiger partial charge in [-0.1, -0.05) is 27.5 Å². The second-order valence-corrected chi connectivity index (χ2v) is 3.85. The summed E-state index contributed by atoms with van der Waals surface area (Å²) in [6, 6.07) is 3.52. The minimum absolute atomic E-state index is 0.403. The van der Waals surface area contributed by atoms with E-state index in [0.29, 0.717) is 10.6 Å². The molecule has 0 aliphatic carbocycles. The van der Waals surface area contributed by atoms with Crippen LogP contribution in [0.5, 0.6) is 0 Å². The predicted molar refractivity (Wildman–Crippen MR) is 60.2 cm³/mol. The molecule has 0 amide bonds. The van der Waals surface area contributed by atoms with Crippen molar-refractivity contribution in [2.45, 2.75) is 12.3 Å². The zero-order valence-corrected chi connectivity index (χ0v) is 10.3. The van der Waals surface area contributed by atoms with Crippen LogP contribution in [0.15, 0.2) is 12.1 Å². The maximum absolute atomic E-state index is 11.3. The van der Waals surface area contributed by atoms with Crippen LogP contribution >= 0.6 is 27.5 Å². The van der Waals surface area contributed by atoms with Gasteiger partial charge in [0.2, 0.25) is 0 Å². The molecule has 0 atom stereocenters. The minimum atomic E-state index is -0.403. The summed E-state index contributed by atoms with van der Waals surface area (Å²) in [5.41, 5.74) is 2.51. The summed E-state index contributed by atoms with van der Waals surface area (Å²) in [5.74, 6) is -0.403. The lowest BCUT2D eigenvalue weighted by Crippen LogP contribution is -2.03. The predicted octanol–water partition coefficient (Wildman–Crippen LogP) is 3.33. The number of rotatable bonds is 2. The van der Waals surface area contributed by atoms with Crippen LogP contribution in [-0.2, 0) is 10.1 Å². The van der Waals surface area contributed by atoms with Crippen LogP contribution < -0.4 is 0 Å². The maximum Gasteiger partial charge on any atom is 0.339 e. The Morgan fingerprint density at radius 3 is 2.71 bits per heavy atom. The van der Waals surface area contributed by atoms with Gasteiger partial charge in [-0.05, 0) is 30.2 Å². The summed E-state index contributed by atoms with van der Waals surface area (Å²) in [5, 5.41) is 1.15. The lowest BCUT2D eigenvalue weighted by molar-refractivity contribution is 0.0601. The van der Waals surface area contributed by atoms with E-state index >= 15 is 0 Å². The van der Waals surface area contributed by atoms with Crippen LogP contribution in [0.1, 0.15) is 21.5 Å². The van der Waals surface area contributed by atoms with E-state index in [4.69, 9.17) is 11.6 Å². The Labute approximate surface area is 96.3 Å². The van der Waals surface area contributed by atoms with Crippen LogP contribution in [0.2, 0.25) is 5.02 Å². The van der Waals surface area contributed by atoms with Crippen LogP contribution in [0.4, 0.5) is 0 Å². The number of benzene rings is 1. The number of ether oxygens (including phenoxy) is 1. The summed E-state index contributed by atoms with van der Waals surface area (Å²) in [6.45, 7) is 1.93. The van der Waals surface area contributed by atoms with E-state index < -0.39 is 5.97 Å². The molecule has 0 bridgehead atoms. The van der Waals surface area contributed by atoms with Crippen molar-refractivity contribution in [3.63, 3.8) is 0 Å². The van der Waals surface area contributed by atoms with Crippen LogP contribution in [-0.4, -0.2) is 13.1 Å². The monoisotopic (exact) mass is 276 g/mol. The first-order valence-electron chi connectivity index (χ1n) is 4.03. The van der Waals surface area contributed by atoms with Crippen molar-refractivity contribution in [1.82, 2.24) is 0 Å². The van der Waals surface area contributed by atoms with Gasteiger partial charge in [-0.2, -0.15) is 0 Å². The van der Waals surface area contributed by atoms with E-state index in [1.54, 1.807) is 12.1 Å². The lowest BCUT2D eigenvalue weighted by atomic mass is 10.1. The minimum Gasteiger partial charge on any atom is -0.465 e. The summed E-state index contributed by atoms with van der Waals surface area (Å²) < 4.78 is 4.61. The molecule has 0 radical (unpaired) electrons. The van der Waals surface area contributed by atoms with Crippen molar-refractivity contribution in [2.24, 2.45) is 0 Å². The van der Waals surface area contributed by atoms with Crippen molar-refractivity contribution >= 4 is 33.5 Å². The first kappa shape index (κ1) is 11.5. The molecule has 0 N–H and O–H groups in total. The largest absolute Gasteiger partial charge is 0.465 e. The molecule has 4 heteroatoms. The maximum atomic E-state index is 11.3. The summed E-state index contributed by atoms with van der Waals surface area (Å²) in [4.78, 5) is 11.3. The van der Waals surface area contributed by atoms with E-state index in [9.17, 15) is 4.79 Å².